The molecular formula is C19H25N3O6S2. The molecule has 1 amide bonds. The molecule has 0 aliphatic rings. The van der Waals surface area contributed by atoms with E-state index in [0.717, 1.165) is 14.9 Å². The lowest BCUT2D eigenvalue weighted by Crippen LogP contribution is -2.41. The number of benzene rings is 2. The Morgan fingerprint density at radius 3 is 2.10 bits per heavy atom. The van der Waals surface area contributed by atoms with Crippen molar-refractivity contribution in [2.45, 2.75) is 4.90 Å². The monoisotopic (exact) mass is 455 g/mol. The van der Waals surface area contributed by atoms with Crippen LogP contribution in [0, 0.1) is 0 Å². The Morgan fingerprint density at radius 2 is 1.57 bits per heavy atom. The second-order valence-corrected chi connectivity index (χ2v) is 10.6. The van der Waals surface area contributed by atoms with Crippen LogP contribution in [0.4, 0.5) is 5.69 Å². The van der Waals surface area contributed by atoms with Crippen molar-refractivity contribution in [3.8, 4) is 5.75 Å². The molecule has 0 saturated heterocycles. The third kappa shape index (κ3) is 6.44. The molecule has 0 heterocycles. The Bertz CT molecular complexity index is 1050. The number of nitrogens with zero attached hydrogens (tertiary/aromatic N) is 2. The highest BCUT2D eigenvalue weighted by Crippen LogP contribution is 2.18. The van der Waals surface area contributed by atoms with Crippen LogP contribution in [-0.2, 0) is 24.8 Å². The minimum absolute atomic E-state index is 0.135. The van der Waals surface area contributed by atoms with Gasteiger partial charge in [0.05, 0.1) is 23.4 Å². The van der Waals surface area contributed by atoms with Crippen LogP contribution in [0.5, 0.6) is 5.75 Å². The Labute approximate surface area is 177 Å². The maximum atomic E-state index is 12.2. The lowest BCUT2D eigenvalue weighted by Gasteiger charge is -2.21. The van der Waals surface area contributed by atoms with E-state index >= 15 is 0 Å². The van der Waals surface area contributed by atoms with E-state index in [9.17, 15) is 21.6 Å². The molecule has 0 saturated carbocycles. The summed E-state index contributed by atoms with van der Waals surface area (Å²) in [5.41, 5.74) is 0.402. The highest BCUT2D eigenvalue weighted by atomic mass is 32.2. The molecule has 1 N–H and O–H groups in total. The molecule has 2 aromatic rings. The standard InChI is InChI=1S/C19H25N3O6S2/c1-21(2)30(26,27)18-11-9-17(10-12-18)28-14-13-20-19(23)15-22(29(3,24)25)16-7-5-4-6-8-16/h4-12H,13-15H2,1-3H3,(H,20,23). The van der Waals surface area contributed by atoms with Crippen LogP contribution in [0.25, 0.3) is 0 Å². The van der Waals surface area contributed by atoms with Crippen molar-refractivity contribution in [2.75, 3.05) is 44.4 Å². The van der Waals surface area contributed by atoms with Gasteiger partial charge in [-0.15, -0.1) is 0 Å². The topological polar surface area (TPSA) is 113 Å². The molecule has 0 fully saturated rings. The summed E-state index contributed by atoms with van der Waals surface area (Å²) < 4.78 is 55.7. The average molecular weight is 456 g/mol. The molecule has 0 atom stereocenters. The van der Waals surface area contributed by atoms with Gasteiger partial charge < -0.3 is 10.1 Å². The van der Waals surface area contributed by atoms with Gasteiger partial charge in [-0.1, -0.05) is 18.2 Å². The number of sulfonamides is 2. The molecule has 0 bridgehead atoms. The molecule has 30 heavy (non-hydrogen) atoms. The number of hydrogen-bond donors (Lipinski definition) is 1. The van der Waals surface area contributed by atoms with Crippen LogP contribution >= 0.6 is 0 Å². The number of hydrogen-bond acceptors (Lipinski definition) is 6. The van der Waals surface area contributed by atoms with Crippen molar-refractivity contribution in [2.24, 2.45) is 0 Å². The summed E-state index contributed by atoms with van der Waals surface area (Å²) in [7, 11) is -4.23. The predicted octanol–water partition coefficient (Wildman–Crippen LogP) is 0.898. The Hall–Kier alpha value is -2.63. The number of ether oxygens (including phenoxy) is 1. The SMILES string of the molecule is CN(C)S(=O)(=O)c1ccc(OCCNC(=O)CN(c2ccccc2)S(C)(=O)=O)cc1. The van der Waals surface area contributed by atoms with Gasteiger partial charge in [-0.05, 0) is 36.4 Å². The molecule has 9 nitrogen and oxygen atoms in total. The fourth-order valence-electron chi connectivity index (χ4n) is 2.46. The Morgan fingerprint density at radius 1 is 0.967 bits per heavy atom. The molecule has 0 radical (unpaired) electrons. The van der Waals surface area contributed by atoms with E-state index in [2.05, 4.69) is 5.32 Å². The molecule has 164 valence electrons. The molecule has 11 heteroatoms. The average Bonchev–Trinajstić information content (AvgIpc) is 2.69. The number of carbonyl (C=O) groups is 1. The first-order valence-electron chi connectivity index (χ1n) is 8.96. The molecule has 0 aliphatic carbocycles. The first-order chi connectivity index (χ1) is 14.0. The van der Waals surface area contributed by atoms with Gasteiger partial charge in [0.1, 0.15) is 18.9 Å². The molecule has 0 spiro atoms. The van der Waals surface area contributed by atoms with Crippen molar-refractivity contribution < 1.29 is 26.4 Å². The van der Waals surface area contributed by atoms with E-state index in [1.54, 1.807) is 30.3 Å². The lowest BCUT2D eigenvalue weighted by molar-refractivity contribution is -0.119. The van der Waals surface area contributed by atoms with Gasteiger partial charge in [0.15, 0.2) is 0 Å². The van der Waals surface area contributed by atoms with Gasteiger partial charge in [0.25, 0.3) is 0 Å². The van der Waals surface area contributed by atoms with Crippen molar-refractivity contribution in [3.63, 3.8) is 0 Å². The summed E-state index contributed by atoms with van der Waals surface area (Å²) in [6.07, 6.45) is 1.04. The van der Waals surface area contributed by atoms with E-state index in [1.165, 1.54) is 38.4 Å². The van der Waals surface area contributed by atoms with Crippen LogP contribution < -0.4 is 14.4 Å². The lowest BCUT2D eigenvalue weighted by atomic mass is 10.3. The van der Waals surface area contributed by atoms with Crippen LogP contribution in [0.2, 0.25) is 0 Å². The molecule has 0 unspecified atom stereocenters. The van der Waals surface area contributed by atoms with Crippen LogP contribution in [0.1, 0.15) is 0 Å². The minimum Gasteiger partial charge on any atom is -0.492 e. The van der Waals surface area contributed by atoms with Gasteiger partial charge in [0, 0.05) is 14.1 Å². The van der Waals surface area contributed by atoms with Crippen molar-refractivity contribution in [1.29, 1.82) is 0 Å². The van der Waals surface area contributed by atoms with E-state index < -0.39 is 26.0 Å². The highest BCUT2D eigenvalue weighted by Gasteiger charge is 2.20. The van der Waals surface area contributed by atoms with E-state index in [1.807, 2.05) is 0 Å². The summed E-state index contributed by atoms with van der Waals surface area (Å²) >= 11 is 0. The van der Waals surface area contributed by atoms with Crippen molar-refractivity contribution >= 4 is 31.6 Å². The first-order valence-corrected chi connectivity index (χ1v) is 12.3. The van der Waals surface area contributed by atoms with Gasteiger partial charge in [-0.25, -0.2) is 21.1 Å². The van der Waals surface area contributed by atoms with Crippen LogP contribution in [-0.4, -0.2) is 67.1 Å². The van der Waals surface area contributed by atoms with Gasteiger partial charge in [-0.3, -0.25) is 9.10 Å². The summed E-state index contributed by atoms with van der Waals surface area (Å²) in [4.78, 5) is 12.3. The molecule has 2 aromatic carbocycles. The van der Waals surface area contributed by atoms with Gasteiger partial charge in [0.2, 0.25) is 26.0 Å². The number of rotatable bonds is 10. The van der Waals surface area contributed by atoms with Crippen LogP contribution in [0.15, 0.2) is 59.5 Å². The van der Waals surface area contributed by atoms with E-state index in [-0.39, 0.29) is 24.6 Å². The van der Waals surface area contributed by atoms with E-state index in [0.29, 0.717) is 11.4 Å². The number of carbonyl (C=O) groups excluding carboxylic acids is 1. The zero-order chi connectivity index (χ0) is 22.4. The second-order valence-electron chi connectivity index (χ2n) is 6.56. The predicted molar refractivity (Wildman–Crippen MR) is 114 cm³/mol. The van der Waals surface area contributed by atoms with Crippen molar-refractivity contribution in [3.05, 3.63) is 54.6 Å². The summed E-state index contributed by atoms with van der Waals surface area (Å²) in [6, 6.07) is 14.3. The smallest absolute Gasteiger partial charge is 0.242 e. The number of nitrogens with one attached hydrogen (secondary N) is 1. The number of para-hydroxylation sites is 1. The Balaban J connectivity index is 1.86. The third-order valence-corrected chi connectivity index (χ3v) is 7.00. The zero-order valence-corrected chi connectivity index (χ0v) is 18.6. The first kappa shape index (κ1) is 23.6. The fraction of sp³-hybridized carbons (Fsp3) is 0.316. The zero-order valence-electron chi connectivity index (χ0n) is 17.0. The molecular weight excluding hydrogens is 430 g/mol. The van der Waals surface area contributed by atoms with E-state index in [4.69, 9.17) is 4.74 Å². The normalized spacial score (nSPS) is 11.9. The summed E-state index contributed by atoms with van der Waals surface area (Å²) in [5, 5.41) is 2.60. The maximum absolute atomic E-state index is 12.2. The molecule has 0 aliphatic heterocycles. The van der Waals surface area contributed by atoms with Crippen molar-refractivity contribution in [1.82, 2.24) is 9.62 Å². The second kappa shape index (κ2) is 9.92. The number of anilines is 1. The quantitative estimate of drug-likeness (QED) is 0.533. The minimum atomic E-state index is -3.62. The molecule has 2 rings (SSSR count). The summed E-state index contributed by atoms with van der Waals surface area (Å²) in [6.45, 7) is -0.0569. The maximum Gasteiger partial charge on any atom is 0.242 e. The summed E-state index contributed by atoms with van der Waals surface area (Å²) in [5.74, 6) is -0.0238. The molecule has 0 aromatic heterocycles. The highest BCUT2D eigenvalue weighted by molar-refractivity contribution is 7.92. The largest absolute Gasteiger partial charge is 0.492 e. The Kier molecular flexibility index (Phi) is 7.82. The fourth-order valence-corrected chi connectivity index (χ4v) is 4.22. The van der Waals surface area contributed by atoms with Gasteiger partial charge >= 0.3 is 0 Å². The van der Waals surface area contributed by atoms with Crippen LogP contribution in [0.3, 0.4) is 0 Å². The van der Waals surface area contributed by atoms with Gasteiger partial charge in [-0.2, -0.15) is 0 Å². The third-order valence-electron chi connectivity index (χ3n) is 4.03. The number of amides is 1.